The molecule has 4 nitrogen and oxygen atoms in total. The molecule has 202 valence electrons. The maximum absolute atomic E-state index is 13.7. The Bertz CT molecular complexity index is 1160. The lowest BCUT2D eigenvalue weighted by molar-refractivity contribution is -0.138. The van der Waals surface area contributed by atoms with Crippen LogP contribution < -0.4 is 10.6 Å². The molecule has 0 aromatic heterocycles. The molecule has 2 aromatic rings. The Morgan fingerprint density at radius 3 is 2.08 bits per heavy atom. The van der Waals surface area contributed by atoms with Crippen LogP contribution in [0.3, 0.4) is 0 Å². The topological polar surface area (TPSA) is 58.2 Å². The molecule has 0 saturated carbocycles. The first-order chi connectivity index (χ1) is 17.1. The maximum atomic E-state index is 13.7. The zero-order valence-electron chi connectivity index (χ0n) is 18.9. The van der Waals surface area contributed by atoms with Crippen LogP contribution in [0, 0.1) is 0 Å². The summed E-state index contributed by atoms with van der Waals surface area (Å²) in [7, 11) is 0. The largest absolute Gasteiger partial charge is 0.417 e. The average Bonchev–Trinajstić information content (AvgIpc) is 2.79. The van der Waals surface area contributed by atoms with E-state index in [1.165, 1.54) is 11.8 Å². The van der Waals surface area contributed by atoms with Gasteiger partial charge in [0.25, 0.3) is 5.91 Å². The predicted molar refractivity (Wildman–Crippen MR) is 134 cm³/mol. The minimum absolute atomic E-state index is 0.00825. The molecule has 2 amide bonds. The number of nitrogens with one attached hydrogen (secondary N) is 2. The zero-order chi connectivity index (χ0) is 28.0. The van der Waals surface area contributed by atoms with Gasteiger partial charge in [0.15, 0.2) is 0 Å². The molecule has 0 atom stereocenters. The number of carbonyl (C=O) groups is 2. The summed E-state index contributed by atoms with van der Waals surface area (Å²) in [6.07, 6.45) is -7.96. The average molecular weight is 608 g/mol. The lowest BCUT2D eigenvalue weighted by Crippen LogP contribution is -2.36. The van der Waals surface area contributed by atoms with Crippen molar-refractivity contribution < 1.29 is 35.9 Å². The van der Waals surface area contributed by atoms with Gasteiger partial charge in [0.05, 0.1) is 37.5 Å². The molecule has 0 heterocycles. The maximum Gasteiger partial charge on any atom is 0.417 e. The van der Waals surface area contributed by atoms with Gasteiger partial charge in [-0.25, -0.2) is 0 Å². The van der Waals surface area contributed by atoms with Crippen molar-refractivity contribution in [2.75, 3.05) is 25.1 Å². The van der Waals surface area contributed by atoms with Gasteiger partial charge in [0, 0.05) is 13.1 Å². The zero-order valence-corrected chi connectivity index (χ0v) is 22.0. The molecule has 0 spiro atoms. The Morgan fingerprint density at radius 1 is 0.946 bits per heavy atom. The van der Waals surface area contributed by atoms with Gasteiger partial charge < -0.3 is 10.6 Å². The first-order valence-corrected chi connectivity index (χ1v) is 12.8. The van der Waals surface area contributed by atoms with Crippen LogP contribution in [0.2, 0.25) is 15.1 Å². The highest BCUT2D eigenvalue weighted by Crippen LogP contribution is 2.40. The predicted octanol–water partition coefficient (Wildman–Crippen LogP) is 7.06. The number of benzene rings is 2. The van der Waals surface area contributed by atoms with E-state index in [1.807, 2.05) is 0 Å². The quantitative estimate of drug-likeness (QED) is 0.182. The molecule has 0 bridgehead atoms. The molecule has 14 heteroatoms. The van der Waals surface area contributed by atoms with E-state index in [-0.39, 0.29) is 45.4 Å². The summed E-state index contributed by atoms with van der Waals surface area (Å²) in [5, 5.41) is 4.18. The molecule has 0 aliphatic rings. The third kappa shape index (κ3) is 9.01. The number of allylic oxidation sites excluding steroid dienone is 2. The van der Waals surface area contributed by atoms with Crippen molar-refractivity contribution in [2.24, 2.45) is 0 Å². The fourth-order valence-electron chi connectivity index (χ4n) is 3.13. The van der Waals surface area contributed by atoms with Crippen LogP contribution >= 0.6 is 46.6 Å². The van der Waals surface area contributed by atoms with Crippen LogP contribution in [0.25, 0.3) is 5.57 Å². The molecule has 0 aliphatic heterocycles. The molecule has 2 rings (SSSR count). The van der Waals surface area contributed by atoms with Crippen LogP contribution in [0.1, 0.15) is 27.0 Å². The lowest BCUT2D eigenvalue weighted by atomic mass is 9.98. The van der Waals surface area contributed by atoms with E-state index in [4.69, 9.17) is 34.8 Å². The smallest absolute Gasteiger partial charge is 0.354 e. The number of hydrogen-bond donors (Lipinski definition) is 2. The van der Waals surface area contributed by atoms with E-state index in [0.29, 0.717) is 12.1 Å². The molecule has 0 radical (unpaired) electrons. The van der Waals surface area contributed by atoms with E-state index in [2.05, 4.69) is 10.6 Å². The Labute approximate surface area is 227 Å². The van der Waals surface area contributed by atoms with Gasteiger partial charge in [0.1, 0.15) is 0 Å². The number of thioether (sulfide) groups is 1. The summed E-state index contributed by atoms with van der Waals surface area (Å²) in [4.78, 5) is 23.7. The van der Waals surface area contributed by atoms with Gasteiger partial charge in [-0.15, -0.1) is 0 Å². The minimum atomic E-state index is -4.96. The summed E-state index contributed by atoms with van der Waals surface area (Å²) in [5.74, 6) is -1.15. The molecule has 37 heavy (non-hydrogen) atoms. The normalized spacial score (nSPS) is 12.4. The Kier molecular flexibility index (Phi) is 11.0. The standard InChI is InChI=1S/C23H19Cl3F6N2O2S/c1-37-11-19(35)33-6-7-34-21(36)14-4-2-12(8-16(14)23(30,31)32)3-5-15(22(27,28)29)13-9-17(24)20(26)18(25)10-13/h2,4-5,8-10H,3,6-7,11H2,1H3,(H,33,35)(H,34,36)/b15-5+. The summed E-state index contributed by atoms with van der Waals surface area (Å²) >= 11 is 18.7. The molecule has 0 unspecified atom stereocenters. The van der Waals surface area contributed by atoms with Crippen LogP contribution in [0.5, 0.6) is 0 Å². The molecule has 2 aromatic carbocycles. The number of alkyl halides is 6. The first-order valence-electron chi connectivity index (χ1n) is 10.3. The van der Waals surface area contributed by atoms with E-state index in [1.54, 1.807) is 6.26 Å². The van der Waals surface area contributed by atoms with Crippen LogP contribution in [0.4, 0.5) is 26.3 Å². The SMILES string of the molecule is CSCC(=O)NCCNC(=O)c1ccc(C/C=C(\c2cc(Cl)c(Cl)c(Cl)c2)C(F)(F)F)cc1C(F)(F)F. The second kappa shape index (κ2) is 13.1. The van der Waals surface area contributed by atoms with Crippen LogP contribution in [-0.4, -0.2) is 43.1 Å². The second-order valence-corrected chi connectivity index (χ2v) is 9.55. The van der Waals surface area contributed by atoms with Crippen molar-refractivity contribution in [2.45, 2.75) is 18.8 Å². The number of amides is 2. The highest BCUT2D eigenvalue weighted by Gasteiger charge is 2.37. The highest BCUT2D eigenvalue weighted by atomic mass is 35.5. The molecule has 0 aliphatic carbocycles. The van der Waals surface area contributed by atoms with E-state index < -0.39 is 46.9 Å². The van der Waals surface area contributed by atoms with Crippen molar-refractivity contribution in [1.29, 1.82) is 0 Å². The van der Waals surface area contributed by atoms with Gasteiger partial charge in [-0.3, -0.25) is 9.59 Å². The monoisotopic (exact) mass is 606 g/mol. The summed E-state index contributed by atoms with van der Waals surface area (Å²) in [5.41, 5.74) is -3.73. The van der Waals surface area contributed by atoms with Gasteiger partial charge in [-0.1, -0.05) is 46.9 Å². The third-order valence-corrected chi connectivity index (χ3v) is 6.53. The van der Waals surface area contributed by atoms with E-state index in [0.717, 1.165) is 24.3 Å². The number of rotatable bonds is 9. The number of halogens is 9. The summed E-state index contributed by atoms with van der Waals surface area (Å²) < 4.78 is 82.1. The van der Waals surface area contributed by atoms with Crippen LogP contribution in [-0.2, 0) is 17.4 Å². The minimum Gasteiger partial charge on any atom is -0.354 e. The summed E-state index contributed by atoms with van der Waals surface area (Å²) in [6, 6.07) is 4.52. The molecule has 0 fully saturated rings. The van der Waals surface area contributed by atoms with Crippen molar-refractivity contribution in [1.82, 2.24) is 10.6 Å². The molecular weight excluding hydrogens is 589 g/mol. The van der Waals surface area contributed by atoms with Crippen molar-refractivity contribution in [3.05, 3.63) is 73.7 Å². The molecule has 0 saturated heterocycles. The fraction of sp³-hybridized carbons (Fsp3) is 0.304. The Balaban J connectivity index is 2.30. The lowest BCUT2D eigenvalue weighted by Gasteiger charge is -2.16. The van der Waals surface area contributed by atoms with Crippen LogP contribution in [0.15, 0.2) is 36.4 Å². The number of hydrogen-bond acceptors (Lipinski definition) is 3. The van der Waals surface area contributed by atoms with Gasteiger partial charge in [0.2, 0.25) is 5.91 Å². The third-order valence-electron chi connectivity index (χ3n) is 4.78. The molecule has 2 N–H and O–H groups in total. The highest BCUT2D eigenvalue weighted by molar-refractivity contribution is 7.99. The summed E-state index contributed by atoms with van der Waals surface area (Å²) in [6.45, 7) is -0.115. The van der Waals surface area contributed by atoms with E-state index in [9.17, 15) is 35.9 Å². The van der Waals surface area contributed by atoms with Crippen molar-refractivity contribution in [3.63, 3.8) is 0 Å². The fourth-order valence-corrected chi connectivity index (χ4v) is 4.09. The van der Waals surface area contributed by atoms with Gasteiger partial charge in [-0.2, -0.15) is 38.1 Å². The Hall–Kier alpha value is -2.08. The first kappa shape index (κ1) is 31.1. The Morgan fingerprint density at radius 2 is 1.54 bits per heavy atom. The van der Waals surface area contributed by atoms with Gasteiger partial charge in [-0.05, 0) is 48.1 Å². The van der Waals surface area contributed by atoms with Crippen molar-refractivity contribution >= 4 is 64.0 Å². The second-order valence-electron chi connectivity index (χ2n) is 7.49. The van der Waals surface area contributed by atoms with Crippen molar-refractivity contribution in [3.8, 4) is 0 Å². The molecular formula is C23H19Cl3F6N2O2S. The number of carbonyl (C=O) groups excluding carboxylic acids is 2. The van der Waals surface area contributed by atoms with Gasteiger partial charge >= 0.3 is 12.4 Å². The van der Waals surface area contributed by atoms with E-state index >= 15 is 0 Å².